The van der Waals surface area contributed by atoms with Crippen molar-refractivity contribution < 1.29 is 9.84 Å². The van der Waals surface area contributed by atoms with Gasteiger partial charge in [-0.15, -0.1) is 0 Å². The van der Waals surface area contributed by atoms with Gasteiger partial charge in [-0.1, -0.05) is 0 Å². The second-order valence-electron chi connectivity index (χ2n) is 4.81. The first-order valence-corrected chi connectivity index (χ1v) is 6.26. The molecule has 0 aromatic rings. The minimum atomic E-state index is -0.326. The summed E-state index contributed by atoms with van der Waals surface area (Å²) in [5.41, 5.74) is 0. The summed E-state index contributed by atoms with van der Waals surface area (Å²) >= 11 is 0. The number of hydrogen-bond acceptors (Lipinski definition) is 5. The van der Waals surface area contributed by atoms with Gasteiger partial charge in [0.25, 0.3) is 0 Å². The smallest absolute Gasteiger partial charge is 0.109 e. The van der Waals surface area contributed by atoms with Gasteiger partial charge >= 0.3 is 0 Å². The Kier molecular flexibility index (Phi) is 8.72. The van der Waals surface area contributed by atoms with E-state index in [0.29, 0.717) is 0 Å². The van der Waals surface area contributed by atoms with Crippen molar-refractivity contribution >= 4 is 0 Å². The number of ether oxygens (including phenoxy) is 1. The number of aliphatic hydroxyl groups excluding tert-OH is 1. The van der Waals surface area contributed by atoms with Gasteiger partial charge in [0.2, 0.25) is 0 Å². The third-order valence-corrected chi connectivity index (χ3v) is 2.94. The van der Waals surface area contributed by atoms with Gasteiger partial charge in [-0.2, -0.15) is 0 Å². The Morgan fingerprint density at radius 3 is 2.18 bits per heavy atom. The lowest BCUT2D eigenvalue weighted by Gasteiger charge is -2.27. The average molecular weight is 247 g/mol. The fraction of sp³-hybridized carbons (Fsp3) is 1.00. The summed E-state index contributed by atoms with van der Waals surface area (Å²) in [4.78, 5) is 2.01. The monoisotopic (exact) mass is 247 g/mol. The Bertz CT molecular complexity index is 189. The van der Waals surface area contributed by atoms with Gasteiger partial charge in [0.15, 0.2) is 0 Å². The second-order valence-corrected chi connectivity index (χ2v) is 4.81. The van der Waals surface area contributed by atoms with E-state index in [0.717, 1.165) is 13.1 Å². The Morgan fingerprint density at radius 1 is 1.18 bits per heavy atom. The highest BCUT2D eigenvalue weighted by atomic mass is 16.5. The number of rotatable bonds is 9. The van der Waals surface area contributed by atoms with Gasteiger partial charge in [0, 0.05) is 19.0 Å². The lowest BCUT2D eigenvalue weighted by molar-refractivity contribution is -0.0780. The lowest BCUT2D eigenvalue weighted by atomic mass is 10.0. The number of nitrogens with one attached hydrogen (secondary N) is 2. The maximum Gasteiger partial charge on any atom is 0.109 e. The van der Waals surface area contributed by atoms with Crippen LogP contribution >= 0.6 is 0 Å². The molecule has 4 unspecified atom stereocenters. The maximum absolute atomic E-state index is 9.60. The summed E-state index contributed by atoms with van der Waals surface area (Å²) in [5.74, 6) is 0.195. The molecule has 4 atom stereocenters. The first kappa shape index (κ1) is 16.8. The minimum absolute atomic E-state index is 0.0227. The van der Waals surface area contributed by atoms with E-state index in [1.165, 1.54) is 0 Å². The lowest BCUT2D eigenvalue weighted by Crippen LogP contribution is -2.43. The van der Waals surface area contributed by atoms with Crippen molar-refractivity contribution in [3.05, 3.63) is 0 Å². The molecular formula is C12H29N3O2. The van der Waals surface area contributed by atoms with E-state index >= 15 is 0 Å². The molecule has 0 bridgehead atoms. The van der Waals surface area contributed by atoms with Gasteiger partial charge in [0.1, 0.15) is 12.5 Å². The zero-order valence-corrected chi connectivity index (χ0v) is 12.0. The third-order valence-electron chi connectivity index (χ3n) is 2.94. The molecule has 0 fully saturated rings. The normalized spacial score (nSPS) is 19.1. The molecule has 0 aromatic heterocycles. The zero-order valence-electron chi connectivity index (χ0n) is 12.0. The van der Waals surface area contributed by atoms with Crippen molar-refractivity contribution in [2.75, 3.05) is 34.2 Å². The molecule has 0 spiro atoms. The van der Waals surface area contributed by atoms with Gasteiger partial charge in [-0.05, 0) is 41.9 Å². The highest BCUT2D eigenvalue weighted by molar-refractivity contribution is 4.70. The van der Waals surface area contributed by atoms with Crippen molar-refractivity contribution in [2.24, 2.45) is 5.92 Å². The SMILES string of the molecule is CNCC(CNC(C)OC(C)N(C)C)C(C)O. The first-order valence-electron chi connectivity index (χ1n) is 6.26. The van der Waals surface area contributed by atoms with Gasteiger partial charge in [-0.3, -0.25) is 10.2 Å². The predicted molar refractivity (Wildman–Crippen MR) is 70.8 cm³/mol. The standard InChI is InChI=1S/C12H29N3O2/c1-9(16)12(7-13-4)8-14-10(2)17-11(3)15(5)6/h9-14,16H,7-8H2,1-6H3. The van der Waals surface area contributed by atoms with E-state index in [9.17, 15) is 5.11 Å². The summed E-state index contributed by atoms with van der Waals surface area (Å²) < 4.78 is 5.73. The Morgan fingerprint density at radius 2 is 1.76 bits per heavy atom. The molecule has 0 amide bonds. The van der Waals surface area contributed by atoms with E-state index in [-0.39, 0.29) is 24.5 Å². The van der Waals surface area contributed by atoms with Crippen LogP contribution in [0.5, 0.6) is 0 Å². The molecule has 3 N–H and O–H groups in total. The highest BCUT2D eigenvalue weighted by Gasteiger charge is 2.16. The molecular weight excluding hydrogens is 218 g/mol. The summed E-state index contributed by atoms with van der Waals surface area (Å²) in [7, 11) is 5.86. The average Bonchev–Trinajstić information content (AvgIpc) is 2.23. The first-order chi connectivity index (χ1) is 7.88. The molecule has 104 valence electrons. The predicted octanol–water partition coefficient (Wildman–Crippen LogP) is 0.0626. The molecule has 0 aliphatic heterocycles. The van der Waals surface area contributed by atoms with Crippen LogP contribution in [0, 0.1) is 5.92 Å². The van der Waals surface area contributed by atoms with Crippen molar-refractivity contribution in [1.29, 1.82) is 0 Å². The van der Waals surface area contributed by atoms with E-state index in [2.05, 4.69) is 10.6 Å². The van der Waals surface area contributed by atoms with Gasteiger partial charge in [0.05, 0.1) is 6.10 Å². The molecule has 5 nitrogen and oxygen atoms in total. The molecule has 0 aliphatic rings. The van der Waals surface area contributed by atoms with Crippen LogP contribution in [0.15, 0.2) is 0 Å². The molecule has 0 aliphatic carbocycles. The van der Waals surface area contributed by atoms with Crippen molar-refractivity contribution in [3.8, 4) is 0 Å². The fourth-order valence-corrected chi connectivity index (χ4v) is 1.46. The van der Waals surface area contributed by atoms with Crippen LogP contribution in [0.2, 0.25) is 0 Å². The van der Waals surface area contributed by atoms with E-state index < -0.39 is 0 Å². The molecule has 0 aromatic carbocycles. The van der Waals surface area contributed by atoms with Crippen molar-refractivity contribution in [2.45, 2.75) is 39.3 Å². The van der Waals surface area contributed by atoms with E-state index in [4.69, 9.17) is 4.74 Å². The molecule has 17 heavy (non-hydrogen) atoms. The van der Waals surface area contributed by atoms with Crippen molar-refractivity contribution in [1.82, 2.24) is 15.5 Å². The quantitative estimate of drug-likeness (QED) is 0.503. The van der Waals surface area contributed by atoms with Crippen LogP contribution in [-0.2, 0) is 4.74 Å². The fourth-order valence-electron chi connectivity index (χ4n) is 1.46. The number of hydrogen-bond donors (Lipinski definition) is 3. The Hall–Kier alpha value is -0.200. The molecule has 0 rings (SSSR count). The van der Waals surface area contributed by atoms with Crippen LogP contribution in [-0.4, -0.2) is 62.8 Å². The number of aliphatic hydroxyl groups is 1. The molecule has 0 heterocycles. The van der Waals surface area contributed by atoms with Crippen LogP contribution in [0.4, 0.5) is 0 Å². The number of nitrogens with zero attached hydrogens (tertiary/aromatic N) is 1. The van der Waals surface area contributed by atoms with Crippen LogP contribution < -0.4 is 10.6 Å². The second kappa shape index (κ2) is 8.83. The van der Waals surface area contributed by atoms with Crippen molar-refractivity contribution in [3.63, 3.8) is 0 Å². The zero-order chi connectivity index (χ0) is 13.4. The van der Waals surface area contributed by atoms with Crippen LogP contribution in [0.1, 0.15) is 20.8 Å². The summed E-state index contributed by atoms with van der Waals surface area (Å²) in [6.07, 6.45) is -0.272. The minimum Gasteiger partial charge on any atom is -0.393 e. The molecule has 0 saturated carbocycles. The summed E-state index contributed by atoms with van der Waals surface area (Å²) in [6, 6.07) is 0. The van der Waals surface area contributed by atoms with Gasteiger partial charge in [-0.25, -0.2) is 0 Å². The molecule has 0 saturated heterocycles. The molecule has 0 radical (unpaired) electrons. The maximum atomic E-state index is 9.60. The topological polar surface area (TPSA) is 56.8 Å². The Labute approximate surface area is 106 Å². The third kappa shape index (κ3) is 7.68. The van der Waals surface area contributed by atoms with Crippen LogP contribution in [0.25, 0.3) is 0 Å². The van der Waals surface area contributed by atoms with Gasteiger partial charge < -0.3 is 15.2 Å². The summed E-state index contributed by atoms with van der Waals surface area (Å²) in [5, 5.41) is 16.0. The van der Waals surface area contributed by atoms with E-state index in [1.54, 1.807) is 0 Å². The largest absolute Gasteiger partial charge is 0.393 e. The van der Waals surface area contributed by atoms with E-state index in [1.807, 2.05) is 46.8 Å². The Balaban J connectivity index is 3.91. The molecule has 5 heteroatoms. The van der Waals surface area contributed by atoms with Crippen LogP contribution in [0.3, 0.4) is 0 Å². The summed E-state index contributed by atoms with van der Waals surface area (Å²) in [6.45, 7) is 7.34. The highest BCUT2D eigenvalue weighted by Crippen LogP contribution is 2.03.